The lowest BCUT2D eigenvalue weighted by Gasteiger charge is -2.40. The lowest BCUT2D eigenvalue weighted by molar-refractivity contribution is 0.000451. The maximum absolute atomic E-state index is 6.68. The number of hydrogen-bond acceptors (Lipinski definition) is 2. The van der Waals surface area contributed by atoms with Gasteiger partial charge in [-0.1, -0.05) is 119 Å². The number of aromatic nitrogens is 1. The molecule has 0 bridgehead atoms. The minimum atomic E-state index is -0.264. The average Bonchev–Trinajstić information content (AvgIpc) is 2.91. The van der Waals surface area contributed by atoms with E-state index >= 15 is 0 Å². The molecule has 0 N–H and O–H groups in total. The molecule has 196 valence electrons. The molecule has 0 radical (unpaired) electrons. The van der Waals surface area contributed by atoms with Gasteiger partial charge in [0.25, 0.3) is 0 Å². The van der Waals surface area contributed by atoms with Crippen molar-refractivity contribution < 1.29 is 4.65 Å². The van der Waals surface area contributed by atoms with Crippen LogP contribution in [0.15, 0.2) is 78.9 Å². The van der Waals surface area contributed by atoms with E-state index in [0.717, 1.165) is 17.5 Å². The zero-order valence-corrected chi connectivity index (χ0v) is 24.3. The molecule has 0 spiro atoms. The Morgan fingerprint density at radius 1 is 0.821 bits per heavy atom. The third kappa shape index (κ3) is 4.37. The standard InChI is InChI=1S/C36H38BNO/c1-23-12-10-14-25-19-21-30-32(26-15-11-16-27(22-26)37(7)39-36(5,6)35(2,3)4)29-20-18-24-13-8-9-17-28(24)33(29)38-34(30)31(23)25/h8-11,13-23H,12H2,1-7H3. The van der Waals surface area contributed by atoms with Gasteiger partial charge in [-0.2, -0.15) is 0 Å². The van der Waals surface area contributed by atoms with Crippen LogP contribution < -0.4 is 5.46 Å². The molecule has 39 heavy (non-hydrogen) atoms. The molecule has 1 atom stereocenters. The summed E-state index contributed by atoms with van der Waals surface area (Å²) in [7, 11) is 0. The molecule has 6 rings (SSSR count). The van der Waals surface area contributed by atoms with E-state index in [1.165, 1.54) is 49.3 Å². The highest BCUT2D eigenvalue weighted by atomic mass is 16.5. The fourth-order valence-corrected chi connectivity index (χ4v) is 5.91. The molecule has 1 aliphatic rings. The van der Waals surface area contributed by atoms with Gasteiger partial charge in [-0.25, -0.2) is 4.98 Å². The quantitative estimate of drug-likeness (QED) is 0.136. The van der Waals surface area contributed by atoms with E-state index in [2.05, 4.69) is 133 Å². The minimum Gasteiger partial charge on any atom is -0.426 e. The molecule has 0 saturated carbocycles. The first-order chi connectivity index (χ1) is 18.5. The number of nitrogens with zero attached hydrogens (tertiary/aromatic N) is 1. The summed E-state index contributed by atoms with van der Waals surface area (Å²) in [6, 6.07) is 26.6. The molecular weight excluding hydrogens is 473 g/mol. The van der Waals surface area contributed by atoms with Crippen molar-refractivity contribution in [3.05, 3.63) is 90.0 Å². The Morgan fingerprint density at radius 3 is 2.36 bits per heavy atom. The Kier molecular flexibility index (Phi) is 6.19. The average molecular weight is 512 g/mol. The third-order valence-electron chi connectivity index (χ3n) is 9.12. The largest absolute Gasteiger partial charge is 0.426 e. The zero-order valence-electron chi connectivity index (χ0n) is 24.3. The number of hydrogen-bond donors (Lipinski definition) is 0. The molecule has 2 nitrogen and oxygen atoms in total. The summed E-state index contributed by atoms with van der Waals surface area (Å²) >= 11 is 0. The Morgan fingerprint density at radius 2 is 1.56 bits per heavy atom. The maximum Gasteiger partial charge on any atom is 0.324 e. The van der Waals surface area contributed by atoms with E-state index in [0.29, 0.717) is 5.92 Å². The normalized spacial score (nSPS) is 15.7. The highest BCUT2D eigenvalue weighted by molar-refractivity contribution is 6.66. The van der Waals surface area contributed by atoms with E-state index < -0.39 is 0 Å². The molecule has 4 aromatic carbocycles. The third-order valence-corrected chi connectivity index (χ3v) is 9.12. The summed E-state index contributed by atoms with van der Waals surface area (Å²) in [5.74, 6) is 0.431. The second kappa shape index (κ2) is 9.35. The lowest BCUT2D eigenvalue weighted by Crippen LogP contribution is -2.46. The van der Waals surface area contributed by atoms with E-state index in [-0.39, 0.29) is 17.9 Å². The van der Waals surface area contributed by atoms with Crippen molar-refractivity contribution in [1.82, 2.24) is 4.98 Å². The van der Waals surface area contributed by atoms with Crippen LogP contribution in [0, 0.1) is 5.41 Å². The smallest absolute Gasteiger partial charge is 0.324 e. The van der Waals surface area contributed by atoms with Crippen molar-refractivity contribution in [2.45, 2.75) is 66.3 Å². The number of pyridine rings is 1. The van der Waals surface area contributed by atoms with E-state index in [9.17, 15) is 0 Å². The second-order valence-corrected chi connectivity index (χ2v) is 12.8. The Hall–Kier alpha value is -3.43. The predicted molar refractivity (Wildman–Crippen MR) is 170 cm³/mol. The molecule has 1 heterocycles. The predicted octanol–water partition coefficient (Wildman–Crippen LogP) is 9.40. The number of allylic oxidation sites excluding steroid dienone is 1. The Bertz CT molecular complexity index is 1760. The van der Waals surface area contributed by atoms with Gasteiger partial charge in [-0.05, 0) is 59.1 Å². The van der Waals surface area contributed by atoms with Gasteiger partial charge in [-0.3, -0.25) is 0 Å². The van der Waals surface area contributed by atoms with Gasteiger partial charge in [-0.15, -0.1) is 0 Å². The molecule has 0 aliphatic heterocycles. The minimum absolute atomic E-state index is 0.0294. The Balaban J connectivity index is 1.62. The highest BCUT2D eigenvalue weighted by Crippen LogP contribution is 2.42. The summed E-state index contributed by atoms with van der Waals surface area (Å²) < 4.78 is 6.68. The lowest BCUT2D eigenvalue weighted by atomic mass is 9.61. The fourth-order valence-electron chi connectivity index (χ4n) is 5.91. The summed E-state index contributed by atoms with van der Waals surface area (Å²) in [6.07, 6.45) is 5.60. The maximum atomic E-state index is 6.68. The zero-order chi connectivity index (χ0) is 27.5. The first-order valence-corrected chi connectivity index (χ1v) is 14.3. The molecule has 3 heteroatoms. The first-order valence-electron chi connectivity index (χ1n) is 14.3. The molecule has 0 amide bonds. The fraction of sp³-hybridized carbons (Fsp3) is 0.306. The number of rotatable bonds is 4. The van der Waals surface area contributed by atoms with Crippen LogP contribution in [0.3, 0.4) is 0 Å². The van der Waals surface area contributed by atoms with Gasteiger partial charge < -0.3 is 4.65 Å². The van der Waals surface area contributed by atoms with Gasteiger partial charge in [0.05, 0.1) is 16.6 Å². The summed E-state index contributed by atoms with van der Waals surface area (Å²) in [4.78, 5) is 5.43. The van der Waals surface area contributed by atoms with Crippen molar-refractivity contribution in [3.63, 3.8) is 0 Å². The summed E-state index contributed by atoms with van der Waals surface area (Å²) in [6.45, 7) is 15.6. The summed E-state index contributed by atoms with van der Waals surface area (Å²) in [5, 5.41) is 4.84. The van der Waals surface area contributed by atoms with Crippen LogP contribution in [-0.4, -0.2) is 17.5 Å². The molecule has 0 fully saturated rings. The van der Waals surface area contributed by atoms with Gasteiger partial charge in [0.15, 0.2) is 0 Å². The van der Waals surface area contributed by atoms with E-state index in [1.54, 1.807) is 0 Å². The van der Waals surface area contributed by atoms with Crippen LogP contribution in [0.2, 0.25) is 6.82 Å². The van der Waals surface area contributed by atoms with Crippen molar-refractivity contribution in [2.24, 2.45) is 5.41 Å². The van der Waals surface area contributed by atoms with Gasteiger partial charge in [0.2, 0.25) is 0 Å². The van der Waals surface area contributed by atoms with Crippen LogP contribution in [-0.2, 0) is 4.65 Å². The first kappa shape index (κ1) is 25.8. The topological polar surface area (TPSA) is 22.1 Å². The SMILES string of the molecule is CB(OC(C)(C)C(C)(C)C)c1cccc(-c2c3ccc4c(c3nc3c2ccc2ccccc23)C(C)CC=C4)c1. The van der Waals surface area contributed by atoms with Crippen LogP contribution in [0.1, 0.15) is 65.0 Å². The molecule has 1 aliphatic carbocycles. The van der Waals surface area contributed by atoms with Gasteiger partial charge in [0, 0.05) is 21.7 Å². The number of benzene rings is 4. The molecular formula is C36H38BNO. The van der Waals surface area contributed by atoms with Crippen molar-refractivity contribution >= 4 is 51.0 Å². The van der Waals surface area contributed by atoms with Crippen molar-refractivity contribution in [1.29, 1.82) is 0 Å². The highest BCUT2D eigenvalue weighted by Gasteiger charge is 2.36. The van der Waals surface area contributed by atoms with Crippen LogP contribution in [0.25, 0.3) is 49.8 Å². The molecule has 5 aromatic rings. The summed E-state index contributed by atoms with van der Waals surface area (Å²) in [5.41, 5.74) is 8.30. The van der Waals surface area contributed by atoms with Crippen LogP contribution >= 0.6 is 0 Å². The van der Waals surface area contributed by atoms with E-state index in [1.807, 2.05) is 0 Å². The molecule has 0 saturated heterocycles. The number of fused-ring (bicyclic) bond motifs is 6. The van der Waals surface area contributed by atoms with Crippen LogP contribution in [0.4, 0.5) is 0 Å². The van der Waals surface area contributed by atoms with Crippen molar-refractivity contribution in [2.75, 3.05) is 0 Å². The monoisotopic (exact) mass is 511 g/mol. The van der Waals surface area contributed by atoms with Gasteiger partial charge in [0.1, 0.15) is 0 Å². The molecule has 1 aromatic heterocycles. The second-order valence-electron chi connectivity index (χ2n) is 12.8. The van der Waals surface area contributed by atoms with E-state index in [4.69, 9.17) is 9.64 Å². The molecule has 1 unspecified atom stereocenters. The van der Waals surface area contributed by atoms with Crippen molar-refractivity contribution in [3.8, 4) is 11.1 Å². The van der Waals surface area contributed by atoms with Crippen LogP contribution in [0.5, 0.6) is 0 Å². The van der Waals surface area contributed by atoms with Gasteiger partial charge >= 0.3 is 6.92 Å². The Labute approximate surface area is 233 Å².